The summed E-state index contributed by atoms with van der Waals surface area (Å²) in [7, 11) is 3.01. The maximum atomic E-state index is 13.3. The van der Waals surface area contributed by atoms with Gasteiger partial charge in [0.05, 0.1) is 41.9 Å². The van der Waals surface area contributed by atoms with E-state index in [2.05, 4.69) is 15.9 Å². The first-order valence-corrected chi connectivity index (χ1v) is 11.0. The van der Waals surface area contributed by atoms with E-state index in [0.717, 1.165) is 0 Å². The summed E-state index contributed by atoms with van der Waals surface area (Å²) in [5.74, 6) is -0.945. The lowest BCUT2D eigenvalue weighted by Crippen LogP contribution is -2.29. The van der Waals surface area contributed by atoms with Gasteiger partial charge in [-0.3, -0.25) is 14.5 Å². The molecule has 1 unspecified atom stereocenters. The molecule has 1 saturated heterocycles. The van der Waals surface area contributed by atoms with Crippen LogP contribution < -0.4 is 14.4 Å². The molecule has 0 bridgehead atoms. The lowest BCUT2D eigenvalue weighted by Gasteiger charge is -2.26. The Balaban J connectivity index is 1.96. The van der Waals surface area contributed by atoms with Crippen molar-refractivity contribution in [1.82, 2.24) is 0 Å². The van der Waals surface area contributed by atoms with Crippen LogP contribution in [0.15, 0.2) is 76.8 Å². The Morgan fingerprint density at radius 1 is 1.00 bits per heavy atom. The van der Waals surface area contributed by atoms with E-state index < -0.39 is 17.7 Å². The number of ketones is 1. The fraction of sp³-hybridized carbons (Fsp3) is 0.115. The van der Waals surface area contributed by atoms with Crippen molar-refractivity contribution in [2.24, 2.45) is 0 Å². The van der Waals surface area contributed by atoms with Crippen LogP contribution in [0.5, 0.6) is 11.5 Å². The number of benzene rings is 3. The van der Waals surface area contributed by atoms with Crippen LogP contribution in [0, 0.1) is 11.3 Å². The molecule has 0 aliphatic carbocycles. The minimum Gasteiger partial charge on any atom is -0.507 e. The summed E-state index contributed by atoms with van der Waals surface area (Å²) in [5.41, 5.74) is 1.62. The molecule has 1 atom stereocenters. The van der Waals surface area contributed by atoms with Crippen LogP contribution in [-0.2, 0) is 9.59 Å². The number of nitrogens with zero attached hydrogens (tertiary/aromatic N) is 2. The van der Waals surface area contributed by atoms with Gasteiger partial charge in [-0.1, -0.05) is 18.2 Å². The number of halogens is 1. The number of aliphatic hydroxyl groups is 1. The molecule has 1 fully saturated rings. The number of para-hydroxylation sites is 1. The van der Waals surface area contributed by atoms with Crippen LogP contribution in [0.3, 0.4) is 0 Å². The highest BCUT2D eigenvalue weighted by atomic mass is 79.9. The van der Waals surface area contributed by atoms with Gasteiger partial charge in [0.15, 0.2) is 0 Å². The first-order chi connectivity index (χ1) is 16.4. The molecule has 3 aromatic carbocycles. The molecule has 1 aliphatic heterocycles. The number of carbonyl (C=O) groups excluding carboxylic acids is 2. The largest absolute Gasteiger partial charge is 0.507 e. The van der Waals surface area contributed by atoms with Crippen molar-refractivity contribution in [3.05, 3.63) is 93.5 Å². The second-order valence-electron chi connectivity index (χ2n) is 7.42. The first kappa shape index (κ1) is 23.1. The molecule has 4 rings (SSSR count). The number of anilines is 1. The zero-order valence-electron chi connectivity index (χ0n) is 18.3. The predicted molar refractivity (Wildman–Crippen MR) is 130 cm³/mol. The summed E-state index contributed by atoms with van der Waals surface area (Å²) < 4.78 is 11.3. The average Bonchev–Trinajstić information content (AvgIpc) is 3.13. The van der Waals surface area contributed by atoms with Crippen LogP contribution in [0.2, 0.25) is 0 Å². The summed E-state index contributed by atoms with van der Waals surface area (Å²) in [4.78, 5) is 27.8. The number of rotatable bonds is 5. The number of amides is 1. The van der Waals surface area contributed by atoms with Crippen molar-refractivity contribution in [2.75, 3.05) is 19.1 Å². The Labute approximate surface area is 204 Å². The first-order valence-electron chi connectivity index (χ1n) is 10.2. The smallest absolute Gasteiger partial charge is 0.300 e. The molecule has 8 heteroatoms. The fourth-order valence-electron chi connectivity index (χ4n) is 3.95. The molecule has 34 heavy (non-hydrogen) atoms. The lowest BCUT2D eigenvalue weighted by molar-refractivity contribution is -0.132. The molecule has 1 N–H and O–H groups in total. The van der Waals surface area contributed by atoms with E-state index in [1.54, 1.807) is 66.7 Å². The van der Waals surface area contributed by atoms with Crippen molar-refractivity contribution >= 4 is 39.1 Å². The third-order valence-corrected chi connectivity index (χ3v) is 6.20. The van der Waals surface area contributed by atoms with Gasteiger partial charge in [-0.05, 0) is 64.5 Å². The molecular formula is C26H19BrN2O5. The standard InChI is InChI=1S/C26H19BrN2O5/c1-33-20-6-4-3-5-18(20)23-22(24(30)16-9-12-21(34-2)19(27)13-16)25(31)26(32)29(23)17-10-7-15(14-28)8-11-17/h3-13,23,30H,1-2H3/b24-22+. The molecule has 0 saturated carbocycles. The highest BCUT2D eigenvalue weighted by Crippen LogP contribution is 2.45. The molecule has 0 radical (unpaired) electrons. The third-order valence-electron chi connectivity index (χ3n) is 5.58. The molecule has 7 nitrogen and oxygen atoms in total. The van der Waals surface area contributed by atoms with Gasteiger partial charge in [0.25, 0.3) is 11.7 Å². The highest BCUT2D eigenvalue weighted by molar-refractivity contribution is 9.10. The van der Waals surface area contributed by atoms with Crippen LogP contribution in [0.1, 0.15) is 22.7 Å². The molecule has 3 aromatic rings. The van der Waals surface area contributed by atoms with E-state index in [1.807, 2.05) is 6.07 Å². The van der Waals surface area contributed by atoms with Gasteiger partial charge in [0.1, 0.15) is 17.3 Å². The Bertz CT molecular complexity index is 1360. The van der Waals surface area contributed by atoms with Gasteiger partial charge < -0.3 is 14.6 Å². The van der Waals surface area contributed by atoms with E-state index >= 15 is 0 Å². The van der Waals surface area contributed by atoms with Crippen LogP contribution in [0.4, 0.5) is 5.69 Å². The third kappa shape index (κ3) is 3.91. The summed E-state index contributed by atoms with van der Waals surface area (Å²) in [6, 6.07) is 19.3. The van der Waals surface area contributed by atoms with Gasteiger partial charge >= 0.3 is 0 Å². The molecule has 0 aromatic heterocycles. The fourth-order valence-corrected chi connectivity index (χ4v) is 4.49. The van der Waals surface area contributed by atoms with Crippen LogP contribution >= 0.6 is 15.9 Å². The van der Waals surface area contributed by atoms with Crippen molar-refractivity contribution in [3.8, 4) is 17.6 Å². The monoisotopic (exact) mass is 518 g/mol. The molecule has 0 spiro atoms. The maximum Gasteiger partial charge on any atom is 0.300 e. The van der Waals surface area contributed by atoms with Gasteiger partial charge in [-0.15, -0.1) is 0 Å². The molecular weight excluding hydrogens is 500 g/mol. The van der Waals surface area contributed by atoms with Crippen molar-refractivity contribution < 1.29 is 24.2 Å². The van der Waals surface area contributed by atoms with Crippen molar-refractivity contribution in [3.63, 3.8) is 0 Å². The van der Waals surface area contributed by atoms with E-state index in [9.17, 15) is 14.7 Å². The second-order valence-corrected chi connectivity index (χ2v) is 8.27. The number of ether oxygens (including phenoxy) is 2. The van der Waals surface area contributed by atoms with Gasteiger partial charge in [-0.2, -0.15) is 5.26 Å². The maximum absolute atomic E-state index is 13.3. The van der Waals surface area contributed by atoms with Crippen molar-refractivity contribution in [1.29, 1.82) is 5.26 Å². The zero-order valence-corrected chi connectivity index (χ0v) is 19.9. The predicted octanol–water partition coefficient (Wildman–Crippen LogP) is 4.96. The minimum atomic E-state index is -0.954. The van der Waals surface area contributed by atoms with E-state index in [4.69, 9.17) is 14.7 Å². The SMILES string of the molecule is COc1ccc(/C(O)=C2\C(=O)C(=O)N(c3ccc(C#N)cc3)C2c2ccccc2OC)cc1Br. The summed E-state index contributed by atoms with van der Waals surface area (Å²) in [6.07, 6.45) is 0. The van der Waals surface area contributed by atoms with Crippen LogP contribution in [0.25, 0.3) is 5.76 Å². The number of nitriles is 1. The average molecular weight is 519 g/mol. The summed E-state index contributed by atoms with van der Waals surface area (Å²) in [6.45, 7) is 0. The second kappa shape index (κ2) is 9.41. The number of Topliss-reactive ketones (excluding diaryl/α,β-unsaturated/α-hetero) is 1. The Morgan fingerprint density at radius 2 is 1.68 bits per heavy atom. The molecule has 1 amide bonds. The number of hydrogen-bond acceptors (Lipinski definition) is 6. The Morgan fingerprint density at radius 3 is 2.29 bits per heavy atom. The molecule has 1 heterocycles. The number of aliphatic hydroxyl groups excluding tert-OH is 1. The van der Waals surface area contributed by atoms with Gasteiger partial charge in [0.2, 0.25) is 0 Å². The molecule has 170 valence electrons. The van der Waals surface area contributed by atoms with Gasteiger partial charge in [0, 0.05) is 16.8 Å². The summed E-state index contributed by atoms with van der Waals surface area (Å²) in [5, 5.41) is 20.4. The Kier molecular flexibility index (Phi) is 6.39. The quantitative estimate of drug-likeness (QED) is 0.291. The number of carbonyl (C=O) groups is 2. The number of hydrogen-bond donors (Lipinski definition) is 1. The van der Waals surface area contributed by atoms with E-state index in [1.165, 1.54) is 19.1 Å². The topological polar surface area (TPSA) is 99.9 Å². The van der Waals surface area contributed by atoms with E-state index in [0.29, 0.717) is 38.3 Å². The summed E-state index contributed by atoms with van der Waals surface area (Å²) >= 11 is 3.39. The van der Waals surface area contributed by atoms with Crippen molar-refractivity contribution in [2.45, 2.75) is 6.04 Å². The minimum absolute atomic E-state index is 0.0732. The normalized spacial score (nSPS) is 16.9. The Hall–Kier alpha value is -4.09. The zero-order chi connectivity index (χ0) is 24.4. The van der Waals surface area contributed by atoms with Crippen LogP contribution in [-0.4, -0.2) is 31.0 Å². The van der Waals surface area contributed by atoms with Gasteiger partial charge in [-0.25, -0.2) is 0 Å². The highest BCUT2D eigenvalue weighted by Gasteiger charge is 2.47. The molecule has 1 aliphatic rings. The lowest BCUT2D eigenvalue weighted by atomic mass is 9.94. The number of methoxy groups -OCH3 is 2. The van der Waals surface area contributed by atoms with E-state index in [-0.39, 0.29) is 11.3 Å².